The van der Waals surface area contributed by atoms with Crippen LogP contribution in [0.4, 0.5) is 11.5 Å². The molecule has 0 spiro atoms. The van der Waals surface area contributed by atoms with Crippen LogP contribution in [0.25, 0.3) is 16.9 Å². The molecule has 0 aliphatic carbocycles. The van der Waals surface area contributed by atoms with E-state index in [-0.39, 0.29) is 5.91 Å². The molecule has 0 unspecified atom stereocenters. The Bertz CT molecular complexity index is 1290. The Morgan fingerprint density at radius 3 is 2.87 bits per heavy atom. The van der Waals surface area contributed by atoms with Crippen molar-refractivity contribution in [3.63, 3.8) is 0 Å². The third-order valence-electron chi connectivity index (χ3n) is 5.25. The van der Waals surface area contributed by atoms with E-state index in [9.17, 15) is 4.79 Å². The van der Waals surface area contributed by atoms with Gasteiger partial charge >= 0.3 is 0 Å². The van der Waals surface area contributed by atoms with E-state index in [1.54, 1.807) is 18.3 Å². The summed E-state index contributed by atoms with van der Waals surface area (Å²) < 4.78 is 1.96. The molecule has 0 atom stereocenters. The number of rotatable bonds is 6. The maximum Gasteiger partial charge on any atom is 0.251 e. The Balaban J connectivity index is 1.45. The highest BCUT2D eigenvalue weighted by atomic mass is 16.1. The molecule has 1 aliphatic rings. The minimum absolute atomic E-state index is 0.0650. The zero-order chi connectivity index (χ0) is 21.2. The van der Waals surface area contributed by atoms with Crippen molar-refractivity contribution in [3.05, 3.63) is 77.7 Å². The number of aliphatic imine (C=N–C) groups is 1. The Labute approximate surface area is 179 Å². The molecule has 5 rings (SSSR count). The minimum atomic E-state index is -0.0650. The maximum atomic E-state index is 12.1. The van der Waals surface area contributed by atoms with E-state index in [1.807, 2.05) is 42.1 Å². The van der Waals surface area contributed by atoms with Crippen LogP contribution in [0.1, 0.15) is 34.8 Å². The molecule has 31 heavy (non-hydrogen) atoms. The molecule has 7 nitrogen and oxygen atoms in total. The average Bonchev–Trinajstić information content (AvgIpc) is 3.46. The van der Waals surface area contributed by atoms with Crippen LogP contribution in [0.3, 0.4) is 0 Å². The highest BCUT2D eigenvalue weighted by Gasteiger charge is 2.13. The zero-order valence-electron chi connectivity index (χ0n) is 17.2. The standard InChI is InChI=1S/C24H22N6O/c1-2-9-27-24(31)16-5-7-20(8-6-16)28-22-23-26-10-11-30(23)15-21(29-22)17-3-4-18-13-25-14-19(18)12-17/h3-8,10-13,15H,2,9,14H2,1H3,(H,27,31)(H,28,29). The number of carbonyl (C=O) groups is 1. The van der Waals surface area contributed by atoms with Gasteiger partial charge in [0.25, 0.3) is 5.91 Å². The lowest BCUT2D eigenvalue weighted by Gasteiger charge is -2.11. The van der Waals surface area contributed by atoms with E-state index >= 15 is 0 Å². The normalized spacial score (nSPS) is 12.2. The third-order valence-corrected chi connectivity index (χ3v) is 5.25. The Morgan fingerprint density at radius 1 is 1.16 bits per heavy atom. The van der Waals surface area contributed by atoms with Crippen LogP contribution >= 0.6 is 0 Å². The van der Waals surface area contributed by atoms with E-state index in [0.717, 1.165) is 34.6 Å². The molecule has 0 bridgehead atoms. The largest absolute Gasteiger partial charge is 0.352 e. The van der Waals surface area contributed by atoms with Crippen molar-refractivity contribution in [2.24, 2.45) is 4.99 Å². The number of aromatic nitrogens is 3. The van der Waals surface area contributed by atoms with E-state index in [0.29, 0.717) is 24.5 Å². The van der Waals surface area contributed by atoms with Gasteiger partial charge in [0, 0.05) is 48.2 Å². The van der Waals surface area contributed by atoms with Crippen molar-refractivity contribution >= 4 is 29.3 Å². The van der Waals surface area contributed by atoms with Gasteiger partial charge in [-0.15, -0.1) is 0 Å². The van der Waals surface area contributed by atoms with Gasteiger partial charge in [-0.05, 0) is 47.9 Å². The van der Waals surface area contributed by atoms with Gasteiger partial charge in [0.1, 0.15) is 0 Å². The van der Waals surface area contributed by atoms with Gasteiger partial charge in [-0.1, -0.05) is 19.1 Å². The lowest BCUT2D eigenvalue weighted by molar-refractivity contribution is 0.0953. The SMILES string of the molecule is CCCNC(=O)c1ccc(Nc2nc(-c3ccc4c(c3)CN=C4)cn3ccnc23)cc1. The third kappa shape index (κ3) is 3.77. The lowest BCUT2D eigenvalue weighted by Crippen LogP contribution is -2.23. The summed E-state index contributed by atoms with van der Waals surface area (Å²) in [6.07, 6.45) is 8.45. The molecule has 2 aromatic carbocycles. The molecular weight excluding hydrogens is 388 g/mol. The zero-order valence-corrected chi connectivity index (χ0v) is 17.2. The molecule has 4 aromatic rings. The molecular formula is C24H22N6O. The fraction of sp³-hybridized carbons (Fsp3) is 0.167. The number of imidazole rings is 1. The second-order valence-electron chi connectivity index (χ2n) is 7.47. The molecule has 3 heterocycles. The second kappa shape index (κ2) is 8.02. The van der Waals surface area contributed by atoms with Crippen LogP contribution in [-0.4, -0.2) is 33.0 Å². The monoisotopic (exact) mass is 410 g/mol. The van der Waals surface area contributed by atoms with Crippen LogP contribution in [0.2, 0.25) is 0 Å². The summed E-state index contributed by atoms with van der Waals surface area (Å²) in [5, 5.41) is 6.24. The van der Waals surface area contributed by atoms with E-state index < -0.39 is 0 Å². The fourth-order valence-corrected chi connectivity index (χ4v) is 3.61. The van der Waals surface area contributed by atoms with Gasteiger partial charge in [0.05, 0.1) is 12.2 Å². The van der Waals surface area contributed by atoms with Crippen molar-refractivity contribution in [1.82, 2.24) is 19.7 Å². The highest BCUT2D eigenvalue weighted by molar-refractivity contribution is 5.94. The lowest BCUT2D eigenvalue weighted by atomic mass is 10.0. The number of hydrogen-bond acceptors (Lipinski definition) is 5. The molecule has 7 heteroatoms. The maximum absolute atomic E-state index is 12.1. The Kier molecular flexibility index (Phi) is 4.92. The van der Waals surface area contributed by atoms with Crippen LogP contribution < -0.4 is 10.6 Å². The van der Waals surface area contributed by atoms with Gasteiger partial charge < -0.3 is 15.0 Å². The molecule has 154 valence electrons. The van der Waals surface area contributed by atoms with Crippen molar-refractivity contribution < 1.29 is 4.79 Å². The van der Waals surface area contributed by atoms with Crippen molar-refractivity contribution in [2.75, 3.05) is 11.9 Å². The van der Waals surface area contributed by atoms with Gasteiger partial charge in [0.2, 0.25) is 0 Å². The summed E-state index contributed by atoms with van der Waals surface area (Å²) in [6, 6.07) is 13.6. The minimum Gasteiger partial charge on any atom is -0.352 e. The molecule has 1 amide bonds. The fourth-order valence-electron chi connectivity index (χ4n) is 3.61. The topological polar surface area (TPSA) is 83.7 Å². The molecule has 2 aromatic heterocycles. The van der Waals surface area contributed by atoms with Crippen molar-refractivity contribution in [3.8, 4) is 11.3 Å². The van der Waals surface area contributed by atoms with Crippen molar-refractivity contribution in [1.29, 1.82) is 0 Å². The molecule has 0 saturated heterocycles. The van der Waals surface area contributed by atoms with Crippen molar-refractivity contribution in [2.45, 2.75) is 19.9 Å². The first-order chi connectivity index (χ1) is 15.2. The number of nitrogens with zero attached hydrogens (tertiary/aromatic N) is 4. The van der Waals surface area contributed by atoms with E-state index in [2.05, 4.69) is 38.8 Å². The highest BCUT2D eigenvalue weighted by Crippen LogP contribution is 2.27. The number of amides is 1. The van der Waals surface area contributed by atoms with Crippen LogP contribution in [0, 0.1) is 0 Å². The van der Waals surface area contributed by atoms with Gasteiger partial charge in [-0.3, -0.25) is 9.79 Å². The Morgan fingerprint density at radius 2 is 2.03 bits per heavy atom. The van der Waals surface area contributed by atoms with Gasteiger partial charge in [-0.2, -0.15) is 0 Å². The number of anilines is 2. The van der Waals surface area contributed by atoms with E-state index in [1.165, 1.54) is 5.56 Å². The summed E-state index contributed by atoms with van der Waals surface area (Å²) in [6.45, 7) is 3.41. The Hall–Kier alpha value is -4.00. The summed E-state index contributed by atoms with van der Waals surface area (Å²) in [5.41, 5.74) is 6.45. The average molecular weight is 410 g/mol. The van der Waals surface area contributed by atoms with Gasteiger partial charge in [0.15, 0.2) is 11.5 Å². The van der Waals surface area contributed by atoms with Crippen LogP contribution in [-0.2, 0) is 6.54 Å². The van der Waals surface area contributed by atoms with Gasteiger partial charge in [-0.25, -0.2) is 9.97 Å². The second-order valence-corrected chi connectivity index (χ2v) is 7.47. The summed E-state index contributed by atoms with van der Waals surface area (Å²) in [5.74, 6) is 0.590. The molecule has 1 aliphatic heterocycles. The molecule has 2 N–H and O–H groups in total. The predicted octanol–water partition coefficient (Wildman–Crippen LogP) is 4.21. The first kappa shape index (κ1) is 19.0. The number of carbonyl (C=O) groups excluding carboxylic acids is 1. The van der Waals surface area contributed by atoms with E-state index in [4.69, 9.17) is 4.98 Å². The number of nitrogens with one attached hydrogen (secondary N) is 2. The van der Waals surface area contributed by atoms with Crippen LogP contribution in [0.5, 0.6) is 0 Å². The molecule has 0 fully saturated rings. The smallest absolute Gasteiger partial charge is 0.251 e. The molecule has 0 radical (unpaired) electrons. The number of fused-ring (bicyclic) bond motifs is 2. The summed E-state index contributed by atoms with van der Waals surface area (Å²) in [4.78, 5) is 25.8. The first-order valence-electron chi connectivity index (χ1n) is 10.3. The van der Waals surface area contributed by atoms with Crippen LogP contribution in [0.15, 0.2) is 66.0 Å². The summed E-state index contributed by atoms with van der Waals surface area (Å²) in [7, 11) is 0. The number of hydrogen-bond donors (Lipinski definition) is 2. The number of benzene rings is 2. The molecule has 0 saturated carbocycles. The predicted molar refractivity (Wildman–Crippen MR) is 122 cm³/mol. The first-order valence-corrected chi connectivity index (χ1v) is 10.3. The quantitative estimate of drug-likeness (QED) is 0.499. The summed E-state index contributed by atoms with van der Waals surface area (Å²) >= 11 is 0.